The number of hydrogen-bond acceptors (Lipinski definition) is 5. The van der Waals surface area contributed by atoms with Crippen LogP contribution in [0, 0.1) is 5.92 Å². The molecule has 1 atom stereocenters. The van der Waals surface area contributed by atoms with E-state index >= 15 is 0 Å². The number of hydrogen-bond donors (Lipinski definition) is 0. The van der Waals surface area contributed by atoms with Gasteiger partial charge in [0, 0.05) is 18.3 Å². The van der Waals surface area contributed by atoms with E-state index in [1.807, 2.05) is 59.4 Å². The highest BCUT2D eigenvalue weighted by Gasteiger charge is 2.33. The lowest BCUT2D eigenvalue weighted by molar-refractivity contribution is -0.122. The van der Waals surface area contributed by atoms with Crippen LogP contribution >= 0.6 is 24.0 Å². The predicted molar refractivity (Wildman–Crippen MR) is 134 cm³/mol. The summed E-state index contributed by atoms with van der Waals surface area (Å²) >= 11 is 6.94. The van der Waals surface area contributed by atoms with Gasteiger partial charge in [-0.05, 0) is 42.7 Å². The number of aromatic nitrogens is 2. The van der Waals surface area contributed by atoms with Crippen molar-refractivity contribution in [3.8, 4) is 17.1 Å². The number of para-hydroxylation sites is 1. The second-order valence-corrected chi connectivity index (χ2v) is 9.58. The van der Waals surface area contributed by atoms with Crippen molar-refractivity contribution < 1.29 is 9.21 Å². The van der Waals surface area contributed by atoms with Crippen molar-refractivity contribution in [2.45, 2.75) is 39.5 Å². The highest BCUT2D eigenvalue weighted by molar-refractivity contribution is 8.26. The third kappa shape index (κ3) is 4.89. The van der Waals surface area contributed by atoms with Crippen LogP contribution in [0.15, 0.2) is 64.2 Å². The normalized spacial score (nSPS) is 16.3. The Labute approximate surface area is 198 Å². The van der Waals surface area contributed by atoms with E-state index in [4.69, 9.17) is 21.7 Å². The molecule has 1 amide bonds. The third-order valence-corrected chi connectivity index (χ3v) is 7.04. The Morgan fingerprint density at radius 1 is 1.19 bits per heavy atom. The summed E-state index contributed by atoms with van der Waals surface area (Å²) in [7, 11) is 0. The monoisotopic (exact) mass is 465 g/mol. The number of carbonyl (C=O) groups is 1. The van der Waals surface area contributed by atoms with Crippen LogP contribution in [0.3, 0.4) is 0 Å². The largest absolute Gasteiger partial charge is 0.463 e. The first-order valence-electron chi connectivity index (χ1n) is 11.0. The zero-order valence-corrected chi connectivity index (χ0v) is 20.0. The molecular weight excluding hydrogens is 438 g/mol. The second kappa shape index (κ2) is 10.3. The van der Waals surface area contributed by atoms with Gasteiger partial charge in [-0.25, -0.2) is 4.68 Å². The first-order chi connectivity index (χ1) is 15.6. The molecule has 3 heterocycles. The zero-order chi connectivity index (χ0) is 22.5. The smallest absolute Gasteiger partial charge is 0.266 e. The van der Waals surface area contributed by atoms with Gasteiger partial charge in [0.05, 0.1) is 16.9 Å². The van der Waals surface area contributed by atoms with Crippen molar-refractivity contribution in [1.29, 1.82) is 0 Å². The Hall–Kier alpha value is -2.64. The molecule has 0 N–H and O–H groups in total. The average Bonchev–Trinajstić information content (AvgIpc) is 3.54. The minimum atomic E-state index is -0.0206. The molecule has 4 rings (SSSR count). The van der Waals surface area contributed by atoms with E-state index in [0.717, 1.165) is 30.5 Å². The van der Waals surface area contributed by atoms with Crippen LogP contribution in [-0.2, 0) is 4.79 Å². The Morgan fingerprint density at radius 3 is 2.69 bits per heavy atom. The molecule has 0 saturated carbocycles. The van der Waals surface area contributed by atoms with Crippen molar-refractivity contribution in [1.82, 2.24) is 14.7 Å². The highest BCUT2D eigenvalue weighted by Crippen LogP contribution is 2.36. The number of unbranched alkanes of at least 4 members (excludes halogenated alkanes) is 1. The highest BCUT2D eigenvalue weighted by atomic mass is 32.2. The van der Waals surface area contributed by atoms with Crippen LogP contribution < -0.4 is 0 Å². The third-order valence-electron chi connectivity index (χ3n) is 5.66. The molecule has 166 valence electrons. The van der Waals surface area contributed by atoms with Crippen LogP contribution in [-0.4, -0.2) is 31.5 Å². The number of rotatable bonds is 9. The lowest BCUT2D eigenvalue weighted by Crippen LogP contribution is -2.33. The van der Waals surface area contributed by atoms with Gasteiger partial charge < -0.3 is 4.42 Å². The van der Waals surface area contributed by atoms with Crippen LogP contribution in [0.25, 0.3) is 23.2 Å². The average molecular weight is 466 g/mol. The van der Waals surface area contributed by atoms with Gasteiger partial charge in [-0.1, -0.05) is 75.3 Å². The SMILES string of the molecule is CCCCC(CC)CN1C(=O)/C(=C/c2cn(-c3ccccc3)nc2-c2ccco2)SC1=S. The van der Waals surface area contributed by atoms with Crippen LogP contribution in [0.2, 0.25) is 0 Å². The Kier molecular flexibility index (Phi) is 7.27. The van der Waals surface area contributed by atoms with Gasteiger partial charge in [0.15, 0.2) is 5.76 Å². The summed E-state index contributed by atoms with van der Waals surface area (Å²) in [6.07, 6.45) is 9.94. The van der Waals surface area contributed by atoms with Crippen molar-refractivity contribution in [2.75, 3.05) is 6.54 Å². The van der Waals surface area contributed by atoms with Gasteiger partial charge in [0.25, 0.3) is 5.91 Å². The molecule has 0 bridgehead atoms. The molecule has 0 aliphatic carbocycles. The Bertz CT molecular complexity index is 1100. The van der Waals surface area contributed by atoms with Crippen molar-refractivity contribution >= 4 is 40.3 Å². The Balaban J connectivity index is 1.64. The topological polar surface area (TPSA) is 51.3 Å². The molecule has 1 aromatic carbocycles. The summed E-state index contributed by atoms with van der Waals surface area (Å²) in [6.45, 7) is 5.07. The van der Waals surface area contributed by atoms with Gasteiger partial charge in [0.2, 0.25) is 0 Å². The molecule has 1 saturated heterocycles. The predicted octanol–water partition coefficient (Wildman–Crippen LogP) is 6.55. The quantitative estimate of drug-likeness (QED) is 0.265. The lowest BCUT2D eigenvalue weighted by Gasteiger charge is -2.21. The first-order valence-corrected chi connectivity index (χ1v) is 12.3. The van der Waals surface area contributed by atoms with E-state index in [-0.39, 0.29) is 5.91 Å². The van der Waals surface area contributed by atoms with Gasteiger partial charge in [0.1, 0.15) is 10.0 Å². The summed E-state index contributed by atoms with van der Waals surface area (Å²) in [5, 5.41) is 4.73. The summed E-state index contributed by atoms with van der Waals surface area (Å²) in [5.41, 5.74) is 2.45. The number of amides is 1. The number of benzene rings is 1. The minimum Gasteiger partial charge on any atom is -0.463 e. The van der Waals surface area contributed by atoms with Gasteiger partial charge in [-0.2, -0.15) is 5.10 Å². The van der Waals surface area contributed by atoms with Crippen molar-refractivity contribution in [3.63, 3.8) is 0 Å². The van der Waals surface area contributed by atoms with Crippen molar-refractivity contribution in [2.24, 2.45) is 5.92 Å². The maximum Gasteiger partial charge on any atom is 0.266 e. The van der Waals surface area contributed by atoms with Crippen LogP contribution in [0.4, 0.5) is 0 Å². The molecule has 1 unspecified atom stereocenters. The molecule has 2 aromatic heterocycles. The molecule has 1 aliphatic heterocycles. The van der Waals surface area contributed by atoms with Gasteiger partial charge in [-0.15, -0.1) is 0 Å². The molecule has 0 radical (unpaired) electrons. The molecular formula is C25H27N3O2S2. The maximum absolute atomic E-state index is 13.2. The summed E-state index contributed by atoms with van der Waals surface area (Å²) in [5.74, 6) is 1.11. The number of thioether (sulfide) groups is 1. The summed E-state index contributed by atoms with van der Waals surface area (Å²) in [6, 6.07) is 13.6. The lowest BCUT2D eigenvalue weighted by atomic mass is 9.99. The van der Waals surface area contributed by atoms with E-state index < -0.39 is 0 Å². The zero-order valence-electron chi connectivity index (χ0n) is 18.4. The molecule has 5 nitrogen and oxygen atoms in total. The molecule has 32 heavy (non-hydrogen) atoms. The fourth-order valence-electron chi connectivity index (χ4n) is 3.78. The molecule has 7 heteroatoms. The first kappa shape index (κ1) is 22.6. The van der Waals surface area contributed by atoms with E-state index in [0.29, 0.717) is 33.1 Å². The standard InChI is InChI=1S/C25H27N3O2S2/c1-3-5-10-18(4-2)16-27-24(29)22(32-25(27)31)15-19-17-28(20-11-7-6-8-12-20)26-23(19)21-13-9-14-30-21/h6-9,11-15,17-18H,3-5,10,16H2,1-2H3/b22-15-. The minimum absolute atomic E-state index is 0.0206. The number of carbonyl (C=O) groups excluding carboxylic acids is 1. The summed E-state index contributed by atoms with van der Waals surface area (Å²) < 4.78 is 8.05. The molecule has 1 fully saturated rings. The molecule has 0 spiro atoms. The maximum atomic E-state index is 13.2. The van der Waals surface area contributed by atoms with E-state index in [1.54, 1.807) is 11.2 Å². The van der Waals surface area contributed by atoms with Crippen molar-refractivity contribution in [3.05, 3.63) is 65.4 Å². The van der Waals surface area contributed by atoms with E-state index in [1.165, 1.54) is 18.2 Å². The summed E-state index contributed by atoms with van der Waals surface area (Å²) in [4.78, 5) is 15.6. The second-order valence-electron chi connectivity index (χ2n) is 7.90. The van der Waals surface area contributed by atoms with E-state index in [9.17, 15) is 4.79 Å². The number of furan rings is 1. The fourth-order valence-corrected chi connectivity index (χ4v) is 5.05. The van der Waals surface area contributed by atoms with E-state index in [2.05, 4.69) is 13.8 Å². The number of nitrogens with zero attached hydrogens (tertiary/aromatic N) is 3. The van der Waals surface area contributed by atoms with Crippen LogP contribution in [0.1, 0.15) is 45.1 Å². The Morgan fingerprint density at radius 2 is 2.00 bits per heavy atom. The fraction of sp³-hybridized carbons (Fsp3) is 0.320. The number of thiocarbonyl (C=S) groups is 1. The van der Waals surface area contributed by atoms with Gasteiger partial charge >= 0.3 is 0 Å². The van der Waals surface area contributed by atoms with Crippen LogP contribution in [0.5, 0.6) is 0 Å². The molecule has 1 aliphatic rings. The van der Waals surface area contributed by atoms with Gasteiger partial charge in [-0.3, -0.25) is 9.69 Å². The molecule has 3 aromatic rings.